The maximum atomic E-state index is 10.5. The van der Waals surface area contributed by atoms with Gasteiger partial charge in [-0.25, -0.2) is 4.79 Å². The number of aliphatic carboxylic acids is 1. The van der Waals surface area contributed by atoms with Crippen LogP contribution in [0.1, 0.15) is 6.92 Å². The van der Waals surface area contributed by atoms with E-state index >= 15 is 0 Å². The van der Waals surface area contributed by atoms with E-state index in [-0.39, 0.29) is 0 Å². The molecule has 1 aromatic rings. The van der Waals surface area contributed by atoms with E-state index in [0.717, 1.165) is 11.8 Å². The Morgan fingerprint density at radius 1 is 1.20 bits per heavy atom. The molecule has 6 nitrogen and oxygen atoms in total. The number of nitrogens with one attached hydrogen (secondary N) is 1. The molecule has 110 valence electrons. The number of carboxylic acid groups (broad SMARTS) is 1. The van der Waals surface area contributed by atoms with Gasteiger partial charge in [-0.15, -0.1) is 0 Å². The van der Waals surface area contributed by atoms with Crippen LogP contribution < -0.4 is 19.5 Å². The van der Waals surface area contributed by atoms with E-state index in [0.29, 0.717) is 29.4 Å². The number of ether oxygens (including phenoxy) is 3. The third-order valence-electron chi connectivity index (χ3n) is 2.61. The van der Waals surface area contributed by atoms with Crippen LogP contribution in [0.2, 0.25) is 0 Å². The molecule has 20 heavy (non-hydrogen) atoms. The summed E-state index contributed by atoms with van der Waals surface area (Å²) >= 11 is 0. The molecule has 0 saturated carbocycles. The second kappa shape index (κ2) is 7.28. The number of hydrogen-bond donors (Lipinski definition) is 2. The zero-order chi connectivity index (χ0) is 15.1. The highest BCUT2D eigenvalue weighted by atomic mass is 16.5. The zero-order valence-electron chi connectivity index (χ0n) is 12.0. The van der Waals surface area contributed by atoms with E-state index in [2.05, 4.69) is 5.32 Å². The van der Waals surface area contributed by atoms with Gasteiger partial charge in [0.05, 0.1) is 21.3 Å². The fourth-order valence-corrected chi connectivity index (χ4v) is 1.69. The molecule has 6 heteroatoms. The van der Waals surface area contributed by atoms with E-state index in [1.165, 1.54) is 21.3 Å². The van der Waals surface area contributed by atoms with Crippen LogP contribution in [0.25, 0.3) is 0 Å². The van der Waals surface area contributed by atoms with Crippen LogP contribution in [0, 0.1) is 0 Å². The Kier molecular flexibility index (Phi) is 5.71. The monoisotopic (exact) mass is 281 g/mol. The lowest BCUT2D eigenvalue weighted by Crippen LogP contribution is -2.05. The number of carbonyl (C=O) groups is 1. The van der Waals surface area contributed by atoms with Gasteiger partial charge in [-0.05, 0) is 12.5 Å². The second-order valence-corrected chi connectivity index (χ2v) is 4.10. The lowest BCUT2D eigenvalue weighted by atomic mass is 10.2. The van der Waals surface area contributed by atoms with E-state index in [1.807, 2.05) is 0 Å². The van der Waals surface area contributed by atoms with Gasteiger partial charge < -0.3 is 24.6 Å². The number of benzene rings is 1. The summed E-state index contributed by atoms with van der Waals surface area (Å²) in [5.74, 6) is 0.621. The molecule has 0 unspecified atom stereocenters. The van der Waals surface area contributed by atoms with Crippen molar-refractivity contribution in [2.75, 3.05) is 33.2 Å². The number of carboxylic acids is 1. The van der Waals surface area contributed by atoms with Crippen molar-refractivity contribution in [2.24, 2.45) is 0 Å². The Morgan fingerprint density at radius 3 is 2.15 bits per heavy atom. The van der Waals surface area contributed by atoms with Gasteiger partial charge in [-0.2, -0.15) is 0 Å². The normalized spacial score (nSPS) is 10.9. The number of methoxy groups -OCH3 is 3. The van der Waals surface area contributed by atoms with Crippen LogP contribution in [-0.4, -0.2) is 38.9 Å². The Labute approximate surface area is 118 Å². The van der Waals surface area contributed by atoms with Crippen LogP contribution in [0.15, 0.2) is 23.8 Å². The first-order valence-electron chi connectivity index (χ1n) is 5.95. The molecule has 0 aliphatic rings. The maximum absolute atomic E-state index is 10.5. The summed E-state index contributed by atoms with van der Waals surface area (Å²) in [5, 5.41) is 11.8. The molecule has 0 atom stereocenters. The van der Waals surface area contributed by atoms with Gasteiger partial charge in [0.25, 0.3) is 0 Å². The van der Waals surface area contributed by atoms with Crippen molar-refractivity contribution in [3.05, 3.63) is 23.8 Å². The van der Waals surface area contributed by atoms with Gasteiger partial charge in [0, 0.05) is 30.4 Å². The largest absolute Gasteiger partial charge is 0.493 e. The molecular formula is C14H19NO5. The first-order valence-corrected chi connectivity index (χ1v) is 5.95. The number of hydrogen-bond acceptors (Lipinski definition) is 5. The molecular weight excluding hydrogens is 262 g/mol. The van der Waals surface area contributed by atoms with E-state index in [9.17, 15) is 4.79 Å². The Balaban J connectivity index is 2.94. The summed E-state index contributed by atoms with van der Waals surface area (Å²) in [6.45, 7) is 2.14. The van der Waals surface area contributed by atoms with Gasteiger partial charge in [0.2, 0.25) is 5.75 Å². The van der Waals surface area contributed by atoms with Gasteiger partial charge in [0.1, 0.15) is 0 Å². The van der Waals surface area contributed by atoms with Crippen molar-refractivity contribution < 1.29 is 24.1 Å². The van der Waals surface area contributed by atoms with Crippen LogP contribution in [0.5, 0.6) is 17.2 Å². The van der Waals surface area contributed by atoms with Crippen molar-refractivity contribution in [3.8, 4) is 17.2 Å². The lowest BCUT2D eigenvalue weighted by Gasteiger charge is -2.15. The van der Waals surface area contributed by atoms with Crippen molar-refractivity contribution in [1.82, 2.24) is 0 Å². The van der Waals surface area contributed by atoms with Crippen molar-refractivity contribution >= 4 is 11.7 Å². The third-order valence-corrected chi connectivity index (χ3v) is 2.61. The fraction of sp³-hybridized carbons (Fsp3) is 0.357. The number of rotatable bonds is 7. The predicted octanol–water partition coefficient (Wildman–Crippen LogP) is 2.16. The van der Waals surface area contributed by atoms with Crippen LogP contribution in [-0.2, 0) is 4.79 Å². The molecule has 0 spiro atoms. The van der Waals surface area contributed by atoms with E-state index in [4.69, 9.17) is 19.3 Å². The summed E-state index contributed by atoms with van der Waals surface area (Å²) in [4.78, 5) is 10.5. The smallest absolute Gasteiger partial charge is 0.328 e. The summed E-state index contributed by atoms with van der Waals surface area (Å²) in [6.07, 6.45) is 1.16. The van der Waals surface area contributed by atoms with Crippen LogP contribution >= 0.6 is 0 Å². The molecule has 1 rings (SSSR count). The molecule has 0 aliphatic carbocycles. The number of anilines is 1. The molecule has 0 radical (unpaired) electrons. The highest BCUT2D eigenvalue weighted by Crippen LogP contribution is 2.39. The average Bonchev–Trinajstić information content (AvgIpc) is 2.42. The second-order valence-electron chi connectivity index (χ2n) is 4.10. The minimum Gasteiger partial charge on any atom is -0.493 e. The molecule has 0 aromatic heterocycles. The molecule has 0 amide bonds. The first kappa shape index (κ1) is 15.7. The summed E-state index contributed by atoms with van der Waals surface area (Å²) in [7, 11) is 4.61. The van der Waals surface area contributed by atoms with Gasteiger partial charge in [-0.3, -0.25) is 0 Å². The minimum atomic E-state index is -0.964. The minimum absolute atomic E-state index is 0.408. The standard InChI is InChI=1S/C14H19NO5/c1-9(5-13(16)17)8-15-10-6-11(18-2)14(20-4)12(7-10)19-3/h5-7,15H,8H2,1-4H3,(H,16,17)/b9-5+. The molecule has 2 N–H and O–H groups in total. The van der Waals surface area contributed by atoms with E-state index in [1.54, 1.807) is 19.1 Å². The van der Waals surface area contributed by atoms with Crippen LogP contribution in [0.3, 0.4) is 0 Å². The summed E-state index contributed by atoms with van der Waals surface area (Å²) in [5.41, 5.74) is 1.45. The highest BCUT2D eigenvalue weighted by Gasteiger charge is 2.12. The molecule has 1 aromatic carbocycles. The van der Waals surface area contributed by atoms with E-state index < -0.39 is 5.97 Å². The Hall–Kier alpha value is -2.37. The molecule has 0 bridgehead atoms. The average molecular weight is 281 g/mol. The fourth-order valence-electron chi connectivity index (χ4n) is 1.69. The van der Waals surface area contributed by atoms with Crippen molar-refractivity contribution in [2.45, 2.75) is 6.92 Å². The lowest BCUT2D eigenvalue weighted by molar-refractivity contribution is -0.131. The van der Waals surface area contributed by atoms with Gasteiger partial charge >= 0.3 is 5.97 Å². The third kappa shape index (κ3) is 4.08. The Bertz CT molecular complexity index is 485. The quantitative estimate of drug-likeness (QED) is 0.746. The van der Waals surface area contributed by atoms with Gasteiger partial charge in [0.15, 0.2) is 11.5 Å². The van der Waals surface area contributed by atoms with Crippen molar-refractivity contribution in [1.29, 1.82) is 0 Å². The first-order chi connectivity index (χ1) is 9.51. The SMILES string of the molecule is COc1cc(NC/C(C)=C/C(=O)O)cc(OC)c1OC. The summed E-state index contributed by atoms with van der Waals surface area (Å²) < 4.78 is 15.7. The molecule has 0 saturated heterocycles. The molecule has 0 aliphatic heterocycles. The predicted molar refractivity (Wildman–Crippen MR) is 76.0 cm³/mol. The van der Waals surface area contributed by atoms with Crippen molar-refractivity contribution in [3.63, 3.8) is 0 Å². The van der Waals surface area contributed by atoms with Gasteiger partial charge in [-0.1, -0.05) is 0 Å². The molecule has 0 heterocycles. The topological polar surface area (TPSA) is 77.0 Å². The molecule has 0 fully saturated rings. The zero-order valence-corrected chi connectivity index (χ0v) is 12.0. The summed E-state index contributed by atoms with van der Waals surface area (Å²) in [6, 6.07) is 3.52. The van der Waals surface area contributed by atoms with Crippen LogP contribution in [0.4, 0.5) is 5.69 Å². The maximum Gasteiger partial charge on any atom is 0.328 e. The highest BCUT2D eigenvalue weighted by molar-refractivity contribution is 5.80. The Morgan fingerprint density at radius 2 is 1.75 bits per heavy atom.